The SMILES string of the molecule is C=CC(=O)OC(OCCCCC(F)(F)C(F)(F)S)(C(=O)OCC(C)=O)C(F)(F)F. The number of hydrogen-bond donors (Lipinski definition) is 1. The number of alkyl halides is 7. The van der Waals surface area contributed by atoms with Crippen molar-refractivity contribution in [2.24, 2.45) is 0 Å². The molecule has 0 spiro atoms. The van der Waals surface area contributed by atoms with Crippen LogP contribution in [0.5, 0.6) is 0 Å². The number of unbranched alkanes of at least 4 members (excludes halogenated alkanes) is 1. The molecule has 0 aromatic rings. The number of esters is 2. The number of thiol groups is 1. The molecule has 0 rings (SSSR count). The second-order valence-corrected chi connectivity index (χ2v) is 6.13. The Morgan fingerprint density at radius 2 is 1.59 bits per heavy atom. The highest BCUT2D eigenvalue weighted by atomic mass is 32.1. The standard InChI is InChI=1S/C15H17F7O6S/c1-3-10(24)28-13(14(18,19)20,11(25)26-8-9(2)23)27-7-5-4-6-12(16,17)15(21,22)29/h3,29H,1,4-8H2,2H3. The van der Waals surface area contributed by atoms with Gasteiger partial charge in [-0.2, -0.15) is 30.7 Å². The first-order valence-electron chi connectivity index (χ1n) is 7.71. The van der Waals surface area contributed by atoms with Crippen molar-refractivity contribution in [1.29, 1.82) is 0 Å². The van der Waals surface area contributed by atoms with Crippen molar-refractivity contribution in [3.63, 3.8) is 0 Å². The summed E-state index contributed by atoms with van der Waals surface area (Å²) < 4.78 is 104. The van der Waals surface area contributed by atoms with Crippen LogP contribution in [0.4, 0.5) is 30.7 Å². The van der Waals surface area contributed by atoms with E-state index in [1.54, 1.807) is 0 Å². The van der Waals surface area contributed by atoms with Gasteiger partial charge in [-0.3, -0.25) is 4.79 Å². The quantitative estimate of drug-likeness (QED) is 0.121. The van der Waals surface area contributed by atoms with Crippen molar-refractivity contribution in [1.82, 2.24) is 0 Å². The fraction of sp³-hybridized carbons (Fsp3) is 0.667. The Labute approximate surface area is 165 Å². The number of halogens is 7. The molecular weight excluding hydrogens is 441 g/mol. The van der Waals surface area contributed by atoms with Gasteiger partial charge in [-0.1, -0.05) is 19.2 Å². The average molecular weight is 458 g/mol. The van der Waals surface area contributed by atoms with Gasteiger partial charge in [-0.25, -0.2) is 9.59 Å². The van der Waals surface area contributed by atoms with E-state index in [0.717, 1.165) is 6.92 Å². The normalized spacial score (nSPS) is 14.7. The van der Waals surface area contributed by atoms with Crippen LogP contribution in [0, 0.1) is 0 Å². The molecule has 0 aliphatic carbocycles. The van der Waals surface area contributed by atoms with Crippen molar-refractivity contribution < 1.29 is 59.3 Å². The second kappa shape index (κ2) is 10.3. The number of Topliss-reactive ketones (excluding diaryl/α,β-unsaturated/α-hetero) is 1. The number of carbonyl (C=O) groups is 3. The Morgan fingerprint density at radius 3 is 2.00 bits per heavy atom. The molecule has 0 aromatic heterocycles. The molecule has 0 aliphatic heterocycles. The molecule has 1 unspecified atom stereocenters. The average Bonchev–Trinajstić information content (AvgIpc) is 2.55. The predicted molar refractivity (Wildman–Crippen MR) is 85.4 cm³/mol. The number of ketones is 1. The summed E-state index contributed by atoms with van der Waals surface area (Å²) in [7, 11) is 0. The maximum Gasteiger partial charge on any atom is 0.468 e. The Morgan fingerprint density at radius 1 is 1.03 bits per heavy atom. The molecule has 168 valence electrons. The van der Waals surface area contributed by atoms with Crippen LogP contribution in [0.1, 0.15) is 26.2 Å². The van der Waals surface area contributed by atoms with Crippen molar-refractivity contribution in [3.05, 3.63) is 12.7 Å². The van der Waals surface area contributed by atoms with Gasteiger partial charge in [0.15, 0.2) is 5.78 Å². The van der Waals surface area contributed by atoms with Crippen molar-refractivity contribution in [2.75, 3.05) is 13.2 Å². The van der Waals surface area contributed by atoms with Gasteiger partial charge in [0.1, 0.15) is 6.61 Å². The van der Waals surface area contributed by atoms with Crippen LogP contribution < -0.4 is 0 Å². The molecule has 0 aliphatic rings. The molecule has 29 heavy (non-hydrogen) atoms. The molecule has 0 saturated heterocycles. The van der Waals surface area contributed by atoms with Crippen LogP contribution in [0.2, 0.25) is 0 Å². The number of hydrogen-bond acceptors (Lipinski definition) is 7. The lowest BCUT2D eigenvalue weighted by molar-refractivity contribution is -0.354. The molecule has 0 aromatic carbocycles. The molecular formula is C15H17F7O6S. The van der Waals surface area contributed by atoms with Gasteiger partial charge < -0.3 is 14.2 Å². The molecule has 14 heteroatoms. The van der Waals surface area contributed by atoms with Crippen molar-refractivity contribution >= 4 is 30.4 Å². The molecule has 0 bridgehead atoms. The van der Waals surface area contributed by atoms with E-state index in [0.29, 0.717) is 0 Å². The van der Waals surface area contributed by atoms with E-state index in [1.165, 1.54) is 0 Å². The topological polar surface area (TPSA) is 78.9 Å². The van der Waals surface area contributed by atoms with Crippen molar-refractivity contribution in [2.45, 2.75) is 49.3 Å². The van der Waals surface area contributed by atoms with Crippen LogP contribution >= 0.6 is 12.6 Å². The zero-order valence-electron chi connectivity index (χ0n) is 14.9. The Kier molecular flexibility index (Phi) is 9.63. The van der Waals surface area contributed by atoms with E-state index in [9.17, 15) is 45.1 Å². The minimum Gasteiger partial charge on any atom is -0.453 e. The molecule has 0 saturated carbocycles. The Hall–Kier alpha value is -1.83. The smallest absolute Gasteiger partial charge is 0.453 e. The van der Waals surface area contributed by atoms with E-state index in [2.05, 4.69) is 33.4 Å². The zero-order valence-corrected chi connectivity index (χ0v) is 15.8. The van der Waals surface area contributed by atoms with Crippen LogP contribution in [-0.4, -0.2) is 54.1 Å². The Bertz CT molecular complexity index is 617. The van der Waals surface area contributed by atoms with Crippen LogP contribution in [0.3, 0.4) is 0 Å². The van der Waals surface area contributed by atoms with Gasteiger partial charge in [0.2, 0.25) is 0 Å². The summed E-state index contributed by atoms with van der Waals surface area (Å²) in [5.41, 5.74) is 0. The lowest BCUT2D eigenvalue weighted by Crippen LogP contribution is -2.58. The largest absolute Gasteiger partial charge is 0.468 e. The van der Waals surface area contributed by atoms with E-state index < -0.39 is 73.3 Å². The van der Waals surface area contributed by atoms with Gasteiger partial charge in [0, 0.05) is 12.5 Å². The van der Waals surface area contributed by atoms with Crippen LogP contribution in [0.15, 0.2) is 12.7 Å². The summed E-state index contributed by atoms with van der Waals surface area (Å²) >= 11 is 2.44. The number of carbonyl (C=O) groups excluding carboxylic acids is 3. The summed E-state index contributed by atoms with van der Waals surface area (Å²) in [6.07, 6.45) is -8.30. The van der Waals surface area contributed by atoms with E-state index in [4.69, 9.17) is 0 Å². The molecule has 0 amide bonds. The minimum atomic E-state index is -5.71. The fourth-order valence-corrected chi connectivity index (χ4v) is 1.76. The maximum absolute atomic E-state index is 13.4. The van der Waals surface area contributed by atoms with Crippen LogP contribution in [-0.2, 0) is 28.6 Å². The molecule has 1 atom stereocenters. The molecule has 0 N–H and O–H groups in total. The molecule has 0 heterocycles. The highest BCUT2D eigenvalue weighted by Crippen LogP contribution is 2.41. The van der Waals surface area contributed by atoms with E-state index >= 15 is 0 Å². The summed E-state index contributed by atoms with van der Waals surface area (Å²) in [6.45, 7) is 1.52. The maximum atomic E-state index is 13.4. The Balaban J connectivity index is 5.34. The summed E-state index contributed by atoms with van der Waals surface area (Å²) in [4.78, 5) is 33.9. The number of rotatable bonds is 12. The summed E-state index contributed by atoms with van der Waals surface area (Å²) in [6, 6.07) is 0. The van der Waals surface area contributed by atoms with Crippen LogP contribution in [0.25, 0.3) is 0 Å². The minimum absolute atomic E-state index is 0.275. The summed E-state index contributed by atoms with van der Waals surface area (Å²) in [5.74, 6) is -13.8. The molecule has 0 radical (unpaired) electrons. The zero-order chi connectivity index (χ0) is 23.1. The lowest BCUT2D eigenvalue weighted by atomic mass is 10.1. The van der Waals surface area contributed by atoms with E-state index in [1.807, 2.05) is 0 Å². The first-order chi connectivity index (χ1) is 13.0. The highest BCUT2D eigenvalue weighted by molar-refractivity contribution is 7.81. The van der Waals surface area contributed by atoms with Gasteiger partial charge >= 0.3 is 35.1 Å². The molecule has 6 nitrogen and oxygen atoms in total. The predicted octanol–water partition coefficient (Wildman–Crippen LogP) is 3.45. The third kappa shape index (κ3) is 7.84. The van der Waals surface area contributed by atoms with E-state index in [-0.39, 0.29) is 6.08 Å². The number of ether oxygens (including phenoxy) is 3. The first kappa shape index (κ1) is 27.2. The van der Waals surface area contributed by atoms with Gasteiger partial charge in [-0.15, -0.1) is 0 Å². The monoisotopic (exact) mass is 458 g/mol. The summed E-state index contributed by atoms with van der Waals surface area (Å²) in [5, 5.41) is -4.65. The third-order valence-corrected chi connectivity index (χ3v) is 3.42. The second-order valence-electron chi connectivity index (χ2n) is 5.57. The van der Waals surface area contributed by atoms with Gasteiger partial charge in [0.05, 0.1) is 6.61 Å². The lowest BCUT2D eigenvalue weighted by Gasteiger charge is -2.31. The third-order valence-electron chi connectivity index (χ3n) is 3.09. The van der Waals surface area contributed by atoms with Crippen molar-refractivity contribution in [3.8, 4) is 0 Å². The fourth-order valence-electron chi connectivity index (χ4n) is 1.65. The molecule has 0 fully saturated rings. The highest BCUT2D eigenvalue weighted by Gasteiger charge is 2.67. The van der Waals surface area contributed by atoms with Gasteiger partial charge in [-0.05, 0) is 19.8 Å². The van der Waals surface area contributed by atoms with Gasteiger partial charge in [0.25, 0.3) is 0 Å². The first-order valence-corrected chi connectivity index (χ1v) is 8.15.